The van der Waals surface area contributed by atoms with Crippen LogP contribution in [0.3, 0.4) is 0 Å². The lowest BCUT2D eigenvalue weighted by molar-refractivity contribution is -0.132. The summed E-state index contributed by atoms with van der Waals surface area (Å²) in [4.78, 5) is 13.0. The highest BCUT2D eigenvalue weighted by atomic mass is 16.4. The largest absolute Gasteiger partial charge is 0.478 e. The Morgan fingerprint density at radius 1 is 1.43 bits per heavy atom. The molecule has 0 aromatic rings. The number of rotatable bonds is 2. The monoisotopic (exact) mass is 194 g/mol. The minimum atomic E-state index is -0.844. The number of hydrogen-bond acceptors (Lipinski definition) is 3. The molecule has 4 heteroatoms. The van der Waals surface area contributed by atoms with Gasteiger partial charge in [-0.3, -0.25) is 0 Å². The fourth-order valence-corrected chi connectivity index (χ4v) is 1.83. The van der Waals surface area contributed by atoms with Crippen LogP contribution < -0.4 is 5.32 Å². The SMILES string of the molecule is O=C(O)C1=CCNC(N2CCCC2)=C1. The van der Waals surface area contributed by atoms with Gasteiger partial charge in [0.05, 0.1) is 5.57 Å². The number of nitrogens with one attached hydrogen (secondary N) is 1. The first kappa shape index (κ1) is 9.12. The molecule has 1 fully saturated rings. The Kier molecular flexibility index (Phi) is 2.43. The predicted octanol–water partition coefficient (Wildman–Crippen LogP) is 0.538. The number of carboxylic acid groups (broad SMARTS) is 1. The molecule has 2 N–H and O–H groups in total. The van der Waals surface area contributed by atoms with E-state index in [1.807, 2.05) is 0 Å². The van der Waals surface area contributed by atoms with Crippen molar-refractivity contribution in [2.45, 2.75) is 12.8 Å². The molecule has 0 bridgehead atoms. The molecule has 2 aliphatic heterocycles. The molecule has 76 valence electrons. The van der Waals surface area contributed by atoms with Gasteiger partial charge in [-0.15, -0.1) is 0 Å². The highest BCUT2D eigenvalue weighted by Crippen LogP contribution is 2.16. The van der Waals surface area contributed by atoms with Gasteiger partial charge in [0.15, 0.2) is 0 Å². The van der Waals surface area contributed by atoms with Gasteiger partial charge in [-0.1, -0.05) is 6.08 Å². The van der Waals surface area contributed by atoms with Crippen LogP contribution in [0.2, 0.25) is 0 Å². The van der Waals surface area contributed by atoms with Crippen LogP contribution in [-0.4, -0.2) is 35.6 Å². The first-order chi connectivity index (χ1) is 6.77. The average molecular weight is 194 g/mol. The number of carboxylic acids is 1. The molecule has 0 spiro atoms. The van der Waals surface area contributed by atoms with Gasteiger partial charge in [-0.2, -0.15) is 0 Å². The molecule has 0 radical (unpaired) electrons. The molecule has 2 heterocycles. The number of hydrogen-bond donors (Lipinski definition) is 2. The van der Waals surface area contributed by atoms with Crippen molar-refractivity contribution in [2.75, 3.05) is 19.6 Å². The zero-order valence-electron chi connectivity index (χ0n) is 7.99. The number of nitrogens with zero attached hydrogens (tertiary/aromatic N) is 1. The van der Waals surface area contributed by atoms with E-state index in [0.717, 1.165) is 18.9 Å². The van der Waals surface area contributed by atoms with Gasteiger partial charge in [-0.25, -0.2) is 4.79 Å². The summed E-state index contributed by atoms with van der Waals surface area (Å²) in [5.74, 6) is 0.116. The molecule has 0 atom stereocenters. The predicted molar refractivity (Wildman–Crippen MR) is 52.6 cm³/mol. The molecule has 14 heavy (non-hydrogen) atoms. The van der Waals surface area contributed by atoms with Crippen LogP contribution in [-0.2, 0) is 4.79 Å². The highest BCUT2D eigenvalue weighted by Gasteiger charge is 2.18. The Morgan fingerprint density at radius 2 is 2.14 bits per heavy atom. The van der Waals surface area contributed by atoms with E-state index >= 15 is 0 Å². The van der Waals surface area contributed by atoms with Crippen LogP contribution in [0.1, 0.15) is 12.8 Å². The van der Waals surface area contributed by atoms with E-state index in [1.165, 1.54) is 12.8 Å². The Hall–Kier alpha value is -1.45. The van der Waals surface area contributed by atoms with Gasteiger partial charge in [0.1, 0.15) is 5.82 Å². The van der Waals surface area contributed by atoms with Gasteiger partial charge in [0.25, 0.3) is 0 Å². The quantitative estimate of drug-likeness (QED) is 0.673. The van der Waals surface area contributed by atoms with E-state index in [2.05, 4.69) is 10.2 Å². The van der Waals surface area contributed by atoms with Gasteiger partial charge in [0, 0.05) is 19.6 Å². The van der Waals surface area contributed by atoms with Crippen molar-refractivity contribution in [2.24, 2.45) is 0 Å². The third kappa shape index (κ3) is 1.73. The Bertz CT molecular complexity index is 301. The van der Waals surface area contributed by atoms with E-state index in [0.29, 0.717) is 12.1 Å². The topological polar surface area (TPSA) is 52.6 Å². The van der Waals surface area contributed by atoms with Crippen LogP contribution in [0.25, 0.3) is 0 Å². The van der Waals surface area contributed by atoms with Crippen LogP contribution in [0.15, 0.2) is 23.5 Å². The summed E-state index contributed by atoms with van der Waals surface area (Å²) in [6.45, 7) is 2.68. The molecule has 2 aliphatic rings. The van der Waals surface area contributed by atoms with Crippen molar-refractivity contribution in [1.29, 1.82) is 0 Å². The van der Waals surface area contributed by atoms with Crippen molar-refractivity contribution in [3.63, 3.8) is 0 Å². The van der Waals surface area contributed by atoms with Crippen molar-refractivity contribution in [1.82, 2.24) is 10.2 Å². The molecule has 4 nitrogen and oxygen atoms in total. The molecule has 0 saturated carbocycles. The second-order valence-corrected chi connectivity index (χ2v) is 3.57. The summed E-state index contributed by atoms with van der Waals surface area (Å²) in [6, 6.07) is 0. The van der Waals surface area contributed by atoms with Gasteiger partial charge >= 0.3 is 5.97 Å². The zero-order valence-corrected chi connectivity index (χ0v) is 7.99. The van der Waals surface area contributed by atoms with E-state index in [-0.39, 0.29) is 0 Å². The molecule has 0 aromatic heterocycles. The fraction of sp³-hybridized carbons (Fsp3) is 0.500. The van der Waals surface area contributed by atoms with Crippen molar-refractivity contribution >= 4 is 5.97 Å². The third-order valence-electron chi connectivity index (χ3n) is 2.59. The maximum atomic E-state index is 10.8. The lowest BCUT2D eigenvalue weighted by Gasteiger charge is -2.24. The molecule has 0 amide bonds. The van der Waals surface area contributed by atoms with Crippen LogP contribution in [0.5, 0.6) is 0 Å². The van der Waals surface area contributed by atoms with E-state index in [4.69, 9.17) is 5.11 Å². The zero-order chi connectivity index (χ0) is 9.97. The van der Waals surface area contributed by atoms with E-state index < -0.39 is 5.97 Å². The summed E-state index contributed by atoms with van der Waals surface area (Å²) < 4.78 is 0. The summed E-state index contributed by atoms with van der Waals surface area (Å²) in [5, 5.41) is 12.0. The summed E-state index contributed by atoms with van der Waals surface area (Å²) in [6.07, 6.45) is 5.81. The average Bonchev–Trinajstić information content (AvgIpc) is 2.71. The Balaban J connectivity index is 2.12. The second kappa shape index (κ2) is 3.74. The number of likely N-dealkylation sites (tertiary alicyclic amines) is 1. The van der Waals surface area contributed by atoms with E-state index in [9.17, 15) is 4.79 Å². The molecule has 0 unspecified atom stereocenters. The number of aliphatic carboxylic acids is 1. The minimum Gasteiger partial charge on any atom is -0.478 e. The lowest BCUT2D eigenvalue weighted by atomic mass is 10.2. The maximum absolute atomic E-state index is 10.8. The summed E-state index contributed by atoms with van der Waals surface area (Å²) >= 11 is 0. The van der Waals surface area contributed by atoms with Gasteiger partial charge in [0.2, 0.25) is 0 Å². The van der Waals surface area contributed by atoms with Crippen LogP contribution >= 0.6 is 0 Å². The molecule has 0 aliphatic carbocycles. The first-order valence-electron chi connectivity index (χ1n) is 4.91. The molecular weight excluding hydrogens is 180 g/mol. The highest BCUT2D eigenvalue weighted by molar-refractivity contribution is 5.90. The van der Waals surface area contributed by atoms with Gasteiger partial charge in [-0.05, 0) is 18.9 Å². The van der Waals surface area contributed by atoms with Crippen molar-refractivity contribution in [3.05, 3.63) is 23.5 Å². The minimum absolute atomic E-state index is 0.394. The normalized spacial score (nSPS) is 21.3. The number of carbonyl (C=O) groups is 1. The molecular formula is C10H14N2O2. The Morgan fingerprint density at radius 3 is 2.79 bits per heavy atom. The first-order valence-corrected chi connectivity index (χ1v) is 4.91. The van der Waals surface area contributed by atoms with Crippen molar-refractivity contribution < 1.29 is 9.90 Å². The second-order valence-electron chi connectivity index (χ2n) is 3.57. The lowest BCUT2D eigenvalue weighted by Crippen LogP contribution is -2.32. The fourth-order valence-electron chi connectivity index (χ4n) is 1.83. The standard InChI is InChI=1S/C10H14N2O2/c13-10(14)8-3-4-11-9(7-8)12-5-1-2-6-12/h3,7,11H,1-2,4-6H2,(H,13,14). The van der Waals surface area contributed by atoms with Gasteiger partial charge < -0.3 is 15.3 Å². The summed E-state index contributed by atoms with van der Waals surface area (Å²) in [5.41, 5.74) is 0.394. The maximum Gasteiger partial charge on any atom is 0.335 e. The molecule has 1 saturated heterocycles. The van der Waals surface area contributed by atoms with Crippen LogP contribution in [0, 0.1) is 0 Å². The smallest absolute Gasteiger partial charge is 0.335 e. The molecule has 2 rings (SSSR count). The Labute approximate surface area is 82.9 Å². The number of dihydropyridines is 1. The van der Waals surface area contributed by atoms with Crippen LogP contribution in [0.4, 0.5) is 0 Å². The van der Waals surface area contributed by atoms with Crippen molar-refractivity contribution in [3.8, 4) is 0 Å². The van der Waals surface area contributed by atoms with E-state index in [1.54, 1.807) is 12.2 Å². The summed E-state index contributed by atoms with van der Waals surface area (Å²) in [7, 11) is 0. The third-order valence-corrected chi connectivity index (χ3v) is 2.59. The molecule has 0 aromatic carbocycles.